The van der Waals surface area contributed by atoms with E-state index in [0.29, 0.717) is 18.4 Å². The monoisotopic (exact) mass is 260 g/mol. The van der Waals surface area contributed by atoms with E-state index in [1.807, 2.05) is 0 Å². The largest absolute Gasteiger partial charge is 0.396 e. The molecule has 0 aromatic carbocycles. The van der Waals surface area contributed by atoms with Crippen LogP contribution in [-0.2, 0) is 9.47 Å². The summed E-state index contributed by atoms with van der Waals surface area (Å²) in [5, 5.41) is 9.24. The van der Waals surface area contributed by atoms with Gasteiger partial charge in [0.2, 0.25) is 0 Å². The van der Waals surface area contributed by atoms with Crippen molar-refractivity contribution in [2.24, 2.45) is 17.8 Å². The third kappa shape index (κ3) is 12.3. The summed E-state index contributed by atoms with van der Waals surface area (Å²) in [6, 6.07) is 0. The van der Waals surface area contributed by atoms with Crippen LogP contribution in [-0.4, -0.2) is 38.1 Å². The Balaban J connectivity index is 3.40. The molecule has 18 heavy (non-hydrogen) atoms. The van der Waals surface area contributed by atoms with Crippen LogP contribution in [0.4, 0.5) is 0 Å². The maximum absolute atomic E-state index is 9.24. The van der Waals surface area contributed by atoms with Crippen LogP contribution in [0.1, 0.15) is 47.0 Å². The molecule has 0 heterocycles. The molecule has 1 unspecified atom stereocenters. The standard InChI is InChI=1S/C15H32O3/c1-13(2)5-8-17-10-7-15(11-16)12-18-9-6-14(3)4/h13-16H,5-12H2,1-4H3. The lowest BCUT2D eigenvalue weighted by Crippen LogP contribution is -2.17. The Bertz CT molecular complexity index is 169. The van der Waals surface area contributed by atoms with Crippen molar-refractivity contribution >= 4 is 0 Å². The van der Waals surface area contributed by atoms with Gasteiger partial charge >= 0.3 is 0 Å². The predicted molar refractivity (Wildman–Crippen MR) is 75.7 cm³/mol. The number of aliphatic hydroxyl groups is 1. The van der Waals surface area contributed by atoms with Crippen molar-refractivity contribution in [2.75, 3.05) is 33.0 Å². The summed E-state index contributed by atoms with van der Waals surface area (Å²) >= 11 is 0. The Kier molecular flexibility index (Phi) is 11.9. The molecule has 0 rings (SSSR count). The Morgan fingerprint density at radius 1 is 0.778 bits per heavy atom. The number of aliphatic hydroxyl groups excluding tert-OH is 1. The summed E-state index contributed by atoms with van der Waals surface area (Å²) in [7, 11) is 0. The Morgan fingerprint density at radius 2 is 1.28 bits per heavy atom. The van der Waals surface area contributed by atoms with Crippen molar-refractivity contribution < 1.29 is 14.6 Å². The molecule has 0 amide bonds. The molecule has 0 bridgehead atoms. The van der Waals surface area contributed by atoms with E-state index in [0.717, 1.165) is 39.1 Å². The van der Waals surface area contributed by atoms with Gasteiger partial charge in [-0.2, -0.15) is 0 Å². The molecule has 110 valence electrons. The van der Waals surface area contributed by atoms with Gasteiger partial charge in [0.05, 0.1) is 6.61 Å². The predicted octanol–water partition coefficient (Wildman–Crippen LogP) is 3.11. The van der Waals surface area contributed by atoms with E-state index < -0.39 is 0 Å². The van der Waals surface area contributed by atoms with Gasteiger partial charge in [-0.3, -0.25) is 0 Å². The van der Waals surface area contributed by atoms with E-state index in [9.17, 15) is 5.11 Å². The van der Waals surface area contributed by atoms with Gasteiger partial charge < -0.3 is 14.6 Å². The molecule has 1 N–H and O–H groups in total. The Morgan fingerprint density at radius 3 is 1.78 bits per heavy atom. The number of hydrogen-bond acceptors (Lipinski definition) is 3. The highest BCUT2D eigenvalue weighted by atomic mass is 16.5. The quantitative estimate of drug-likeness (QED) is 0.548. The lowest BCUT2D eigenvalue weighted by molar-refractivity contribution is 0.0420. The van der Waals surface area contributed by atoms with Gasteiger partial charge in [0, 0.05) is 32.3 Å². The van der Waals surface area contributed by atoms with Crippen molar-refractivity contribution in [3.63, 3.8) is 0 Å². The number of ether oxygens (including phenoxy) is 2. The van der Waals surface area contributed by atoms with Crippen molar-refractivity contribution in [1.29, 1.82) is 0 Å². The molecule has 0 saturated carbocycles. The van der Waals surface area contributed by atoms with E-state index in [1.165, 1.54) is 0 Å². The fraction of sp³-hybridized carbons (Fsp3) is 1.00. The molecule has 3 nitrogen and oxygen atoms in total. The zero-order valence-corrected chi connectivity index (χ0v) is 12.7. The minimum Gasteiger partial charge on any atom is -0.396 e. The first kappa shape index (κ1) is 17.9. The van der Waals surface area contributed by atoms with Crippen LogP contribution in [0.15, 0.2) is 0 Å². The molecular weight excluding hydrogens is 228 g/mol. The van der Waals surface area contributed by atoms with Gasteiger partial charge in [0.25, 0.3) is 0 Å². The average molecular weight is 260 g/mol. The van der Waals surface area contributed by atoms with Crippen LogP contribution in [0.3, 0.4) is 0 Å². The summed E-state index contributed by atoms with van der Waals surface area (Å²) in [5.74, 6) is 1.59. The first-order valence-corrected chi connectivity index (χ1v) is 7.32. The highest BCUT2D eigenvalue weighted by molar-refractivity contribution is 4.56. The maximum Gasteiger partial charge on any atom is 0.0517 e. The van der Waals surface area contributed by atoms with Gasteiger partial charge in [-0.1, -0.05) is 27.7 Å². The second kappa shape index (κ2) is 11.9. The van der Waals surface area contributed by atoms with Crippen molar-refractivity contribution in [2.45, 2.75) is 47.0 Å². The normalized spacial score (nSPS) is 13.5. The van der Waals surface area contributed by atoms with Crippen molar-refractivity contribution in [1.82, 2.24) is 0 Å². The van der Waals surface area contributed by atoms with E-state index in [-0.39, 0.29) is 12.5 Å². The minimum absolute atomic E-state index is 0.190. The van der Waals surface area contributed by atoms with E-state index in [4.69, 9.17) is 9.47 Å². The second-order valence-corrected chi connectivity index (χ2v) is 5.89. The van der Waals surface area contributed by atoms with Crippen LogP contribution >= 0.6 is 0 Å². The van der Waals surface area contributed by atoms with Gasteiger partial charge in [-0.15, -0.1) is 0 Å². The highest BCUT2D eigenvalue weighted by Gasteiger charge is 2.08. The summed E-state index contributed by atoms with van der Waals surface area (Å²) in [6.45, 7) is 12.0. The molecule has 0 fully saturated rings. The lowest BCUT2D eigenvalue weighted by atomic mass is 10.1. The molecule has 0 aromatic rings. The molecule has 0 spiro atoms. The molecule has 0 aromatic heterocycles. The van der Waals surface area contributed by atoms with Crippen LogP contribution in [0, 0.1) is 17.8 Å². The summed E-state index contributed by atoms with van der Waals surface area (Å²) in [5.41, 5.74) is 0. The SMILES string of the molecule is CC(C)CCOCCC(CO)COCCC(C)C. The van der Waals surface area contributed by atoms with Gasteiger partial charge in [-0.25, -0.2) is 0 Å². The van der Waals surface area contributed by atoms with Gasteiger partial charge in [-0.05, 0) is 31.1 Å². The van der Waals surface area contributed by atoms with Crippen LogP contribution in [0.25, 0.3) is 0 Å². The van der Waals surface area contributed by atoms with E-state index in [2.05, 4.69) is 27.7 Å². The lowest BCUT2D eigenvalue weighted by Gasteiger charge is -2.15. The summed E-state index contributed by atoms with van der Waals surface area (Å²) in [4.78, 5) is 0. The molecule has 1 atom stereocenters. The Labute approximate surface area is 113 Å². The van der Waals surface area contributed by atoms with E-state index in [1.54, 1.807) is 0 Å². The molecule has 0 aliphatic heterocycles. The Hall–Kier alpha value is -0.120. The smallest absolute Gasteiger partial charge is 0.0517 e. The number of hydrogen-bond donors (Lipinski definition) is 1. The topological polar surface area (TPSA) is 38.7 Å². The molecule has 0 saturated heterocycles. The highest BCUT2D eigenvalue weighted by Crippen LogP contribution is 2.06. The first-order chi connectivity index (χ1) is 8.56. The zero-order chi connectivity index (χ0) is 13.8. The summed E-state index contributed by atoms with van der Waals surface area (Å²) in [6.07, 6.45) is 3.08. The van der Waals surface area contributed by atoms with Crippen LogP contribution < -0.4 is 0 Å². The third-order valence-corrected chi connectivity index (χ3v) is 2.96. The third-order valence-electron chi connectivity index (χ3n) is 2.96. The van der Waals surface area contributed by atoms with Crippen molar-refractivity contribution in [3.8, 4) is 0 Å². The number of rotatable bonds is 12. The zero-order valence-electron chi connectivity index (χ0n) is 12.7. The van der Waals surface area contributed by atoms with Gasteiger partial charge in [0.1, 0.15) is 0 Å². The summed E-state index contributed by atoms with van der Waals surface area (Å²) < 4.78 is 11.1. The van der Waals surface area contributed by atoms with Crippen LogP contribution in [0.2, 0.25) is 0 Å². The molecule has 0 aliphatic rings. The molecular formula is C15H32O3. The van der Waals surface area contributed by atoms with Gasteiger partial charge in [0.15, 0.2) is 0 Å². The van der Waals surface area contributed by atoms with Crippen LogP contribution in [0.5, 0.6) is 0 Å². The molecule has 0 aliphatic carbocycles. The fourth-order valence-electron chi connectivity index (χ4n) is 1.47. The fourth-order valence-corrected chi connectivity index (χ4v) is 1.47. The maximum atomic E-state index is 9.24. The second-order valence-electron chi connectivity index (χ2n) is 5.89. The van der Waals surface area contributed by atoms with Crippen molar-refractivity contribution in [3.05, 3.63) is 0 Å². The molecule has 0 radical (unpaired) electrons. The molecule has 3 heteroatoms. The van der Waals surface area contributed by atoms with E-state index >= 15 is 0 Å². The average Bonchev–Trinajstić information content (AvgIpc) is 2.30. The first-order valence-electron chi connectivity index (χ1n) is 7.32. The minimum atomic E-state index is 0.190.